The van der Waals surface area contributed by atoms with Gasteiger partial charge in [-0.25, -0.2) is 9.59 Å². The summed E-state index contributed by atoms with van der Waals surface area (Å²) in [6, 6.07) is -0.859. The van der Waals surface area contributed by atoms with Gasteiger partial charge in [-0.2, -0.15) is 0 Å². The maximum absolute atomic E-state index is 12.4. The summed E-state index contributed by atoms with van der Waals surface area (Å²) in [6.45, 7) is 5.83. The zero-order valence-corrected chi connectivity index (χ0v) is 14.4. The summed E-state index contributed by atoms with van der Waals surface area (Å²) in [7, 11) is 0. The number of ether oxygens (including phenoxy) is 1. The van der Waals surface area contributed by atoms with Gasteiger partial charge in [0.2, 0.25) is 5.91 Å². The molecule has 0 aromatic heterocycles. The van der Waals surface area contributed by atoms with E-state index in [1.54, 1.807) is 20.8 Å². The molecule has 0 unspecified atom stereocenters. The van der Waals surface area contributed by atoms with Gasteiger partial charge < -0.3 is 15.2 Å². The van der Waals surface area contributed by atoms with Gasteiger partial charge >= 0.3 is 12.1 Å². The summed E-state index contributed by atoms with van der Waals surface area (Å²) < 4.78 is 5.30. The number of carbonyl (C=O) groups excluding carboxylic acids is 2. The van der Waals surface area contributed by atoms with Crippen LogP contribution in [0.3, 0.4) is 0 Å². The molecule has 1 aliphatic heterocycles. The first kappa shape index (κ1) is 18.3. The molecule has 0 aromatic rings. The van der Waals surface area contributed by atoms with Crippen molar-refractivity contribution in [3.63, 3.8) is 0 Å². The maximum Gasteiger partial charge on any atom is 0.410 e. The number of nitrogens with one attached hydrogen (secondary N) is 1. The number of carbonyl (C=O) groups is 3. The topological polar surface area (TPSA) is 95.9 Å². The third kappa shape index (κ3) is 5.54. The molecule has 1 saturated heterocycles. The minimum Gasteiger partial charge on any atom is -0.478 e. The van der Waals surface area contributed by atoms with Crippen molar-refractivity contribution < 1.29 is 24.2 Å². The zero-order chi connectivity index (χ0) is 17.9. The van der Waals surface area contributed by atoms with Gasteiger partial charge in [-0.05, 0) is 39.5 Å². The van der Waals surface area contributed by atoms with Crippen LogP contribution in [0, 0.1) is 5.92 Å². The van der Waals surface area contributed by atoms with Crippen molar-refractivity contribution in [3.05, 3.63) is 12.2 Å². The molecule has 2 amide bonds. The largest absolute Gasteiger partial charge is 0.478 e. The van der Waals surface area contributed by atoms with Crippen LogP contribution >= 0.6 is 0 Å². The summed E-state index contributed by atoms with van der Waals surface area (Å²) in [5, 5.41) is 11.6. The van der Waals surface area contributed by atoms with Gasteiger partial charge in [0.1, 0.15) is 11.6 Å². The van der Waals surface area contributed by atoms with Gasteiger partial charge in [0, 0.05) is 18.7 Å². The third-order valence-corrected chi connectivity index (χ3v) is 4.03. The lowest BCUT2D eigenvalue weighted by Crippen LogP contribution is -2.60. The van der Waals surface area contributed by atoms with Crippen molar-refractivity contribution >= 4 is 18.0 Å². The number of likely N-dealkylation sites (tertiary alicyclic amines) is 1. The highest BCUT2D eigenvalue weighted by Crippen LogP contribution is 2.34. The van der Waals surface area contributed by atoms with Crippen LogP contribution in [0.5, 0.6) is 0 Å². The minimum atomic E-state index is -1.04. The first-order chi connectivity index (χ1) is 11.2. The molecule has 1 aliphatic carbocycles. The Labute approximate surface area is 142 Å². The lowest BCUT2D eigenvalue weighted by molar-refractivity contribution is -0.132. The normalized spacial score (nSPS) is 22.0. The molecular weight excluding hydrogens is 312 g/mol. The molecule has 0 spiro atoms. The first-order valence-electron chi connectivity index (χ1n) is 8.37. The van der Waals surface area contributed by atoms with E-state index in [0.717, 1.165) is 25.3 Å². The van der Waals surface area contributed by atoms with Crippen LogP contribution in [0.1, 0.15) is 46.5 Å². The second-order valence-corrected chi connectivity index (χ2v) is 7.47. The van der Waals surface area contributed by atoms with Crippen LogP contribution in [-0.4, -0.2) is 52.2 Å². The summed E-state index contributed by atoms with van der Waals surface area (Å²) in [5.41, 5.74) is -0.605. The van der Waals surface area contributed by atoms with Crippen molar-refractivity contribution in [2.75, 3.05) is 6.54 Å². The average Bonchev–Trinajstić information content (AvgIpc) is 3.15. The van der Waals surface area contributed by atoms with Crippen molar-refractivity contribution in [1.82, 2.24) is 10.2 Å². The van der Waals surface area contributed by atoms with Crippen LogP contribution in [0.15, 0.2) is 12.2 Å². The van der Waals surface area contributed by atoms with Crippen molar-refractivity contribution in [2.24, 2.45) is 5.92 Å². The number of amides is 2. The Hall–Kier alpha value is -2.05. The number of hydrogen-bond donors (Lipinski definition) is 2. The number of aliphatic carboxylic acids is 1. The summed E-state index contributed by atoms with van der Waals surface area (Å²) in [5.74, 6) is -0.756. The Bertz CT molecular complexity index is 534. The van der Waals surface area contributed by atoms with Crippen LogP contribution in [-0.2, 0) is 14.3 Å². The van der Waals surface area contributed by atoms with E-state index in [1.807, 2.05) is 0 Å². The summed E-state index contributed by atoms with van der Waals surface area (Å²) in [6.07, 6.45) is 5.61. The second kappa shape index (κ2) is 7.23. The number of carboxylic acids is 1. The maximum atomic E-state index is 12.4. The van der Waals surface area contributed by atoms with Crippen molar-refractivity contribution in [3.8, 4) is 0 Å². The van der Waals surface area contributed by atoms with E-state index < -0.39 is 23.7 Å². The number of rotatable bonds is 6. The molecule has 0 aromatic carbocycles. The smallest absolute Gasteiger partial charge is 0.410 e. The number of nitrogens with zero attached hydrogens (tertiary/aromatic N) is 1. The quantitative estimate of drug-likeness (QED) is 0.721. The summed E-state index contributed by atoms with van der Waals surface area (Å²) in [4.78, 5) is 36.6. The van der Waals surface area contributed by atoms with E-state index in [1.165, 1.54) is 11.0 Å². The second-order valence-electron chi connectivity index (χ2n) is 7.47. The molecule has 2 atom stereocenters. The fourth-order valence-corrected chi connectivity index (χ4v) is 2.57. The first-order valence-corrected chi connectivity index (χ1v) is 8.37. The highest BCUT2D eigenvalue weighted by molar-refractivity contribution is 5.88. The number of carboxylic acid groups (broad SMARTS) is 1. The lowest BCUT2D eigenvalue weighted by atomic mass is 10.0. The molecule has 24 heavy (non-hydrogen) atoms. The molecule has 0 bridgehead atoms. The van der Waals surface area contributed by atoms with E-state index >= 15 is 0 Å². The Kier molecular flexibility index (Phi) is 5.51. The Morgan fingerprint density at radius 2 is 1.96 bits per heavy atom. The van der Waals surface area contributed by atoms with Gasteiger partial charge in [-0.1, -0.05) is 18.9 Å². The Balaban J connectivity index is 1.91. The molecule has 134 valence electrons. The van der Waals surface area contributed by atoms with E-state index in [-0.39, 0.29) is 11.9 Å². The standard InChI is InChI=1S/C17H26N2O5/c1-17(2,3)24-16(23)19-9-8-13(19)15(22)18-12(6-7-14(20)21)10-11-4-5-11/h6-7,11-13H,4-5,8-10H2,1-3H3,(H,18,22)(H,20,21)/b7-6+/t12-,13+/m1/s1. The molecular formula is C17H26N2O5. The Morgan fingerprint density at radius 3 is 2.42 bits per heavy atom. The third-order valence-electron chi connectivity index (χ3n) is 4.03. The fraction of sp³-hybridized carbons (Fsp3) is 0.706. The summed E-state index contributed by atoms with van der Waals surface area (Å²) >= 11 is 0. The molecule has 2 N–H and O–H groups in total. The van der Waals surface area contributed by atoms with Gasteiger partial charge in [-0.15, -0.1) is 0 Å². The zero-order valence-electron chi connectivity index (χ0n) is 14.4. The van der Waals surface area contributed by atoms with Gasteiger partial charge in [0.25, 0.3) is 0 Å². The molecule has 7 heteroatoms. The fourth-order valence-electron chi connectivity index (χ4n) is 2.57. The van der Waals surface area contributed by atoms with Gasteiger partial charge in [0.05, 0.1) is 0 Å². The highest BCUT2D eigenvalue weighted by Gasteiger charge is 2.40. The van der Waals surface area contributed by atoms with E-state index in [0.29, 0.717) is 18.9 Å². The molecule has 2 rings (SSSR count). The number of hydrogen-bond acceptors (Lipinski definition) is 4. The van der Waals surface area contributed by atoms with Crippen LogP contribution < -0.4 is 5.32 Å². The lowest BCUT2D eigenvalue weighted by Gasteiger charge is -2.40. The molecule has 1 saturated carbocycles. The van der Waals surface area contributed by atoms with Crippen LogP contribution in [0.2, 0.25) is 0 Å². The molecule has 2 aliphatic rings. The van der Waals surface area contributed by atoms with Gasteiger partial charge in [0.15, 0.2) is 0 Å². The minimum absolute atomic E-state index is 0.257. The van der Waals surface area contributed by atoms with Crippen molar-refractivity contribution in [2.45, 2.75) is 64.1 Å². The molecule has 1 heterocycles. The predicted octanol–water partition coefficient (Wildman–Crippen LogP) is 1.92. The molecule has 7 nitrogen and oxygen atoms in total. The van der Waals surface area contributed by atoms with E-state index in [4.69, 9.17) is 9.84 Å². The van der Waals surface area contributed by atoms with Gasteiger partial charge in [-0.3, -0.25) is 9.69 Å². The van der Waals surface area contributed by atoms with Crippen LogP contribution in [0.25, 0.3) is 0 Å². The Morgan fingerprint density at radius 1 is 1.29 bits per heavy atom. The van der Waals surface area contributed by atoms with Crippen molar-refractivity contribution in [1.29, 1.82) is 0 Å². The van der Waals surface area contributed by atoms with E-state index in [2.05, 4.69) is 5.32 Å². The SMILES string of the molecule is CC(C)(C)OC(=O)N1CC[C@H]1C(=O)N[C@H](/C=C/C(=O)O)CC1CC1. The molecule has 2 fully saturated rings. The predicted molar refractivity (Wildman–Crippen MR) is 87.4 cm³/mol. The van der Waals surface area contributed by atoms with E-state index in [9.17, 15) is 14.4 Å². The van der Waals surface area contributed by atoms with Crippen LogP contribution in [0.4, 0.5) is 4.79 Å². The molecule has 0 radical (unpaired) electrons. The highest BCUT2D eigenvalue weighted by atomic mass is 16.6. The average molecular weight is 338 g/mol. The monoisotopic (exact) mass is 338 g/mol.